The minimum Gasteiger partial charge on any atom is -0.376 e. The summed E-state index contributed by atoms with van der Waals surface area (Å²) in [4.78, 5) is 12.0. The second-order valence-electron chi connectivity index (χ2n) is 6.51. The maximum absolute atomic E-state index is 12.0. The summed E-state index contributed by atoms with van der Waals surface area (Å²) in [5, 5.41) is 3.32. The van der Waals surface area contributed by atoms with Crippen molar-refractivity contribution in [2.24, 2.45) is 17.6 Å². The van der Waals surface area contributed by atoms with Crippen LogP contribution in [0, 0.1) is 11.8 Å². The summed E-state index contributed by atoms with van der Waals surface area (Å²) < 4.78 is 6.13. The highest BCUT2D eigenvalue weighted by Gasteiger charge is 2.50. The van der Waals surface area contributed by atoms with Crippen molar-refractivity contribution in [2.75, 3.05) is 13.2 Å². The highest BCUT2D eigenvalue weighted by Crippen LogP contribution is 2.40. The SMILES string of the molecule is CCNC(COC1CCCC(CC)C1)(C(N)=O)C1CC1. The van der Waals surface area contributed by atoms with E-state index in [4.69, 9.17) is 10.5 Å². The first kappa shape index (κ1) is 15.8. The van der Waals surface area contributed by atoms with E-state index in [0.717, 1.165) is 38.1 Å². The van der Waals surface area contributed by atoms with Crippen molar-refractivity contribution in [2.45, 2.75) is 70.4 Å². The third kappa shape index (κ3) is 3.53. The summed E-state index contributed by atoms with van der Waals surface area (Å²) in [5.74, 6) is 0.909. The summed E-state index contributed by atoms with van der Waals surface area (Å²) in [6, 6.07) is 0. The molecule has 0 aromatic carbocycles. The van der Waals surface area contributed by atoms with Gasteiger partial charge in [0, 0.05) is 0 Å². The molecule has 0 radical (unpaired) electrons. The summed E-state index contributed by atoms with van der Waals surface area (Å²) >= 11 is 0. The number of nitrogens with one attached hydrogen (secondary N) is 1. The molecule has 3 unspecified atom stereocenters. The van der Waals surface area contributed by atoms with E-state index in [1.807, 2.05) is 6.92 Å². The summed E-state index contributed by atoms with van der Waals surface area (Å²) in [6.45, 7) is 5.48. The minimum atomic E-state index is -0.631. The fraction of sp³-hybridized carbons (Fsp3) is 0.938. The number of nitrogens with two attached hydrogens (primary N) is 1. The molecule has 2 aliphatic carbocycles. The monoisotopic (exact) mass is 282 g/mol. The van der Waals surface area contributed by atoms with Gasteiger partial charge in [0.25, 0.3) is 0 Å². The Morgan fingerprint density at radius 3 is 2.60 bits per heavy atom. The summed E-state index contributed by atoms with van der Waals surface area (Å²) in [5.41, 5.74) is 5.06. The lowest BCUT2D eigenvalue weighted by Gasteiger charge is -2.35. The Bertz CT molecular complexity index is 330. The van der Waals surface area contributed by atoms with Crippen molar-refractivity contribution in [3.8, 4) is 0 Å². The molecule has 0 aromatic rings. The number of amides is 1. The van der Waals surface area contributed by atoms with Crippen molar-refractivity contribution < 1.29 is 9.53 Å². The maximum Gasteiger partial charge on any atom is 0.240 e. The van der Waals surface area contributed by atoms with E-state index in [1.165, 1.54) is 19.3 Å². The quantitative estimate of drug-likeness (QED) is 0.717. The molecule has 0 spiro atoms. The Morgan fingerprint density at radius 1 is 1.30 bits per heavy atom. The molecule has 2 aliphatic rings. The van der Waals surface area contributed by atoms with Gasteiger partial charge in [-0.25, -0.2) is 0 Å². The Balaban J connectivity index is 1.92. The Hall–Kier alpha value is -0.610. The largest absolute Gasteiger partial charge is 0.376 e. The molecule has 0 heterocycles. The van der Waals surface area contributed by atoms with Crippen LogP contribution in [-0.2, 0) is 9.53 Å². The minimum absolute atomic E-state index is 0.246. The van der Waals surface area contributed by atoms with E-state index >= 15 is 0 Å². The first-order chi connectivity index (χ1) is 9.62. The first-order valence-corrected chi connectivity index (χ1v) is 8.28. The highest BCUT2D eigenvalue weighted by atomic mass is 16.5. The van der Waals surface area contributed by atoms with Crippen molar-refractivity contribution in [3.63, 3.8) is 0 Å². The number of primary amides is 1. The van der Waals surface area contributed by atoms with Crippen LogP contribution in [0.3, 0.4) is 0 Å². The molecule has 0 saturated heterocycles. The Labute approximate surface area is 122 Å². The highest BCUT2D eigenvalue weighted by molar-refractivity contribution is 5.85. The van der Waals surface area contributed by atoms with E-state index in [0.29, 0.717) is 18.6 Å². The van der Waals surface area contributed by atoms with Gasteiger partial charge in [-0.3, -0.25) is 4.79 Å². The summed E-state index contributed by atoms with van der Waals surface area (Å²) in [7, 11) is 0. The van der Waals surface area contributed by atoms with Crippen LogP contribution in [0.4, 0.5) is 0 Å². The van der Waals surface area contributed by atoms with Crippen LogP contribution in [0.1, 0.15) is 58.8 Å². The lowest BCUT2D eigenvalue weighted by atomic mass is 9.85. The Morgan fingerprint density at radius 2 is 2.05 bits per heavy atom. The van der Waals surface area contributed by atoms with Crippen LogP contribution in [0.25, 0.3) is 0 Å². The number of hydrogen-bond acceptors (Lipinski definition) is 3. The first-order valence-electron chi connectivity index (χ1n) is 8.28. The number of rotatable bonds is 8. The molecule has 20 heavy (non-hydrogen) atoms. The van der Waals surface area contributed by atoms with Gasteiger partial charge in [-0.05, 0) is 44.1 Å². The van der Waals surface area contributed by atoms with Gasteiger partial charge in [0.05, 0.1) is 12.7 Å². The predicted molar refractivity (Wildman–Crippen MR) is 80.3 cm³/mol. The average Bonchev–Trinajstić information content (AvgIpc) is 3.28. The molecular formula is C16H30N2O2. The van der Waals surface area contributed by atoms with E-state index in [2.05, 4.69) is 12.2 Å². The Kier molecular flexibility index (Phi) is 5.44. The molecule has 2 rings (SSSR count). The normalized spacial score (nSPS) is 29.9. The molecule has 0 bridgehead atoms. The smallest absolute Gasteiger partial charge is 0.240 e. The van der Waals surface area contributed by atoms with Gasteiger partial charge in [0.2, 0.25) is 5.91 Å². The lowest BCUT2D eigenvalue weighted by molar-refractivity contribution is -0.130. The zero-order valence-electron chi connectivity index (χ0n) is 13.0. The second kappa shape index (κ2) is 6.90. The molecule has 2 fully saturated rings. The topological polar surface area (TPSA) is 64.3 Å². The third-order valence-corrected chi connectivity index (χ3v) is 5.06. The van der Waals surface area contributed by atoms with E-state index in [-0.39, 0.29) is 5.91 Å². The zero-order valence-corrected chi connectivity index (χ0v) is 13.0. The predicted octanol–water partition coefficient (Wildman–Crippen LogP) is 2.22. The number of ether oxygens (including phenoxy) is 1. The van der Waals surface area contributed by atoms with Gasteiger partial charge in [-0.15, -0.1) is 0 Å². The molecule has 0 aliphatic heterocycles. The van der Waals surface area contributed by atoms with Crippen LogP contribution in [-0.4, -0.2) is 30.7 Å². The van der Waals surface area contributed by atoms with E-state index in [1.54, 1.807) is 0 Å². The number of hydrogen-bond donors (Lipinski definition) is 2. The van der Waals surface area contributed by atoms with Crippen molar-refractivity contribution in [3.05, 3.63) is 0 Å². The molecular weight excluding hydrogens is 252 g/mol. The van der Waals surface area contributed by atoms with Gasteiger partial charge < -0.3 is 15.8 Å². The summed E-state index contributed by atoms with van der Waals surface area (Å²) in [6.07, 6.45) is 8.55. The van der Waals surface area contributed by atoms with Crippen LogP contribution < -0.4 is 11.1 Å². The molecule has 116 valence electrons. The molecule has 2 saturated carbocycles. The number of carbonyl (C=O) groups is 1. The zero-order chi connectivity index (χ0) is 14.6. The van der Waals surface area contributed by atoms with Crippen LogP contribution in [0.2, 0.25) is 0 Å². The molecule has 3 atom stereocenters. The fourth-order valence-corrected chi connectivity index (χ4v) is 3.58. The lowest BCUT2D eigenvalue weighted by Crippen LogP contribution is -2.60. The van der Waals surface area contributed by atoms with Gasteiger partial charge in [-0.1, -0.05) is 33.1 Å². The fourth-order valence-electron chi connectivity index (χ4n) is 3.58. The van der Waals surface area contributed by atoms with Crippen molar-refractivity contribution >= 4 is 5.91 Å². The molecule has 4 heteroatoms. The third-order valence-electron chi connectivity index (χ3n) is 5.06. The van der Waals surface area contributed by atoms with Gasteiger partial charge in [0.1, 0.15) is 5.54 Å². The molecule has 0 aromatic heterocycles. The maximum atomic E-state index is 12.0. The van der Waals surface area contributed by atoms with Crippen LogP contribution >= 0.6 is 0 Å². The van der Waals surface area contributed by atoms with E-state index in [9.17, 15) is 4.79 Å². The molecule has 4 nitrogen and oxygen atoms in total. The van der Waals surface area contributed by atoms with Crippen molar-refractivity contribution in [1.29, 1.82) is 0 Å². The standard InChI is InChI=1S/C16H30N2O2/c1-3-12-6-5-7-14(10-12)20-11-16(15(17)19,18-4-2)13-8-9-13/h12-14,18H,3-11H2,1-2H3,(H2,17,19). The molecule has 3 N–H and O–H groups in total. The van der Waals surface area contributed by atoms with Crippen LogP contribution in [0.5, 0.6) is 0 Å². The van der Waals surface area contributed by atoms with Gasteiger partial charge in [-0.2, -0.15) is 0 Å². The van der Waals surface area contributed by atoms with Gasteiger partial charge in [0.15, 0.2) is 0 Å². The van der Waals surface area contributed by atoms with Gasteiger partial charge >= 0.3 is 0 Å². The molecule has 1 amide bonds. The van der Waals surface area contributed by atoms with E-state index < -0.39 is 5.54 Å². The average molecular weight is 282 g/mol. The second-order valence-corrected chi connectivity index (χ2v) is 6.51. The van der Waals surface area contributed by atoms with Crippen molar-refractivity contribution in [1.82, 2.24) is 5.32 Å². The number of carbonyl (C=O) groups excluding carboxylic acids is 1. The van der Waals surface area contributed by atoms with Crippen LogP contribution in [0.15, 0.2) is 0 Å². The number of likely N-dealkylation sites (N-methyl/N-ethyl adjacent to an activating group) is 1.